The highest BCUT2D eigenvalue weighted by Gasteiger charge is 2.19. The first-order valence-electron chi connectivity index (χ1n) is 8.35. The molecule has 0 bridgehead atoms. The van der Waals surface area contributed by atoms with Gasteiger partial charge in [0, 0.05) is 18.0 Å². The molecule has 1 heterocycles. The number of rotatable bonds is 4. The first kappa shape index (κ1) is 17.2. The highest BCUT2D eigenvalue weighted by Crippen LogP contribution is 2.26. The van der Waals surface area contributed by atoms with Crippen molar-refractivity contribution in [3.05, 3.63) is 70.7 Å². The summed E-state index contributed by atoms with van der Waals surface area (Å²) < 4.78 is 18.7. The molecule has 0 aliphatic carbocycles. The van der Waals surface area contributed by atoms with Gasteiger partial charge in [-0.15, -0.1) is 0 Å². The summed E-state index contributed by atoms with van der Waals surface area (Å²) in [6, 6.07) is 10.2. The van der Waals surface area contributed by atoms with Crippen molar-refractivity contribution >= 4 is 16.9 Å². The molecule has 1 amide bonds. The summed E-state index contributed by atoms with van der Waals surface area (Å²) >= 11 is 0. The molecule has 3 nitrogen and oxygen atoms in total. The van der Waals surface area contributed by atoms with Crippen LogP contribution in [0.5, 0.6) is 0 Å². The summed E-state index contributed by atoms with van der Waals surface area (Å²) in [5.74, 6) is -0.279. The average Bonchev–Trinajstić information content (AvgIpc) is 2.96. The van der Waals surface area contributed by atoms with E-state index in [1.165, 1.54) is 23.3 Å². The minimum Gasteiger partial charge on any atom is -0.464 e. The molecule has 1 unspecified atom stereocenters. The number of hydrogen-bond donors (Lipinski definition) is 0. The number of amides is 1. The van der Waals surface area contributed by atoms with Gasteiger partial charge in [-0.05, 0) is 61.7 Å². The molecule has 0 radical (unpaired) electrons. The summed E-state index contributed by atoms with van der Waals surface area (Å²) in [6.07, 6.45) is 1.94. The summed E-state index contributed by atoms with van der Waals surface area (Å²) in [5, 5.41) is 0.985. The molecule has 3 aromatic rings. The van der Waals surface area contributed by atoms with Crippen LogP contribution in [0.15, 0.2) is 47.1 Å². The van der Waals surface area contributed by atoms with Gasteiger partial charge in [0.1, 0.15) is 11.4 Å². The summed E-state index contributed by atoms with van der Waals surface area (Å²) in [7, 11) is 1.77. The van der Waals surface area contributed by atoms with Crippen molar-refractivity contribution in [3.63, 3.8) is 0 Å². The van der Waals surface area contributed by atoms with Gasteiger partial charge in [-0.3, -0.25) is 4.79 Å². The first-order valence-corrected chi connectivity index (χ1v) is 8.35. The number of aryl methyl sites for hydroxylation is 2. The van der Waals surface area contributed by atoms with Gasteiger partial charge < -0.3 is 9.32 Å². The summed E-state index contributed by atoms with van der Waals surface area (Å²) in [4.78, 5) is 14.4. The lowest BCUT2D eigenvalue weighted by atomic mass is 10.0. The molecule has 130 valence electrons. The van der Waals surface area contributed by atoms with Crippen molar-refractivity contribution in [1.82, 2.24) is 4.90 Å². The summed E-state index contributed by atoms with van der Waals surface area (Å²) in [5.41, 5.74) is 4.94. The Hall–Kier alpha value is -2.62. The molecule has 1 atom stereocenters. The van der Waals surface area contributed by atoms with Crippen LogP contribution in [-0.4, -0.2) is 17.9 Å². The van der Waals surface area contributed by atoms with Crippen molar-refractivity contribution in [2.75, 3.05) is 7.05 Å². The quantitative estimate of drug-likeness (QED) is 0.674. The Morgan fingerprint density at radius 2 is 1.80 bits per heavy atom. The van der Waals surface area contributed by atoms with Crippen LogP contribution in [0.25, 0.3) is 11.0 Å². The zero-order valence-electron chi connectivity index (χ0n) is 15.0. The van der Waals surface area contributed by atoms with E-state index in [-0.39, 0.29) is 24.2 Å². The number of hydrogen-bond acceptors (Lipinski definition) is 2. The van der Waals surface area contributed by atoms with Gasteiger partial charge in [0.2, 0.25) is 5.91 Å². The van der Waals surface area contributed by atoms with E-state index in [0.29, 0.717) is 0 Å². The van der Waals surface area contributed by atoms with E-state index in [1.807, 2.05) is 19.9 Å². The minimum absolute atomic E-state index is 0.00208. The molecule has 2 aromatic carbocycles. The Bertz CT molecular complexity index is 912. The standard InChI is InChI=1S/C21H22FNO2/c1-13-9-19-17(12-25-20(19)10-14(13)2)11-21(24)23(4)15(3)16-5-7-18(22)8-6-16/h5-10,12,15H,11H2,1-4H3. The molecule has 0 saturated heterocycles. The fraction of sp³-hybridized carbons (Fsp3) is 0.286. The molecule has 0 fully saturated rings. The highest BCUT2D eigenvalue weighted by molar-refractivity contribution is 5.88. The van der Waals surface area contributed by atoms with Crippen molar-refractivity contribution < 1.29 is 13.6 Å². The lowest BCUT2D eigenvalue weighted by Gasteiger charge is -2.25. The van der Waals surface area contributed by atoms with Crippen LogP contribution >= 0.6 is 0 Å². The van der Waals surface area contributed by atoms with Gasteiger partial charge in [-0.25, -0.2) is 4.39 Å². The zero-order valence-corrected chi connectivity index (χ0v) is 15.0. The fourth-order valence-corrected chi connectivity index (χ4v) is 2.94. The van der Waals surface area contributed by atoms with Crippen molar-refractivity contribution in [2.45, 2.75) is 33.2 Å². The smallest absolute Gasteiger partial charge is 0.227 e. The van der Waals surface area contributed by atoms with Gasteiger partial charge in [0.15, 0.2) is 0 Å². The fourth-order valence-electron chi connectivity index (χ4n) is 2.94. The average molecular weight is 339 g/mol. The van der Waals surface area contributed by atoms with Crippen LogP contribution in [0.1, 0.15) is 35.2 Å². The molecule has 0 spiro atoms. The lowest BCUT2D eigenvalue weighted by Crippen LogP contribution is -2.30. The molecule has 3 rings (SSSR count). The zero-order chi connectivity index (χ0) is 18.1. The monoisotopic (exact) mass is 339 g/mol. The van der Waals surface area contributed by atoms with Gasteiger partial charge >= 0.3 is 0 Å². The predicted molar refractivity (Wildman–Crippen MR) is 97.0 cm³/mol. The molecule has 0 aliphatic rings. The van der Waals surface area contributed by atoms with Crippen molar-refractivity contribution in [2.24, 2.45) is 0 Å². The number of carbonyl (C=O) groups is 1. The normalized spacial score (nSPS) is 12.4. The number of benzene rings is 2. The van der Waals surface area contributed by atoms with Crippen LogP contribution in [0.3, 0.4) is 0 Å². The SMILES string of the molecule is Cc1cc2occ(CC(=O)N(C)C(C)c3ccc(F)cc3)c2cc1C. The van der Waals surface area contributed by atoms with E-state index < -0.39 is 0 Å². The van der Waals surface area contributed by atoms with E-state index in [4.69, 9.17) is 4.42 Å². The second kappa shape index (κ2) is 6.71. The Morgan fingerprint density at radius 3 is 2.48 bits per heavy atom. The molecule has 0 saturated carbocycles. The number of carbonyl (C=O) groups excluding carboxylic acids is 1. The summed E-state index contributed by atoms with van der Waals surface area (Å²) in [6.45, 7) is 6.03. The maximum absolute atomic E-state index is 13.1. The van der Waals surface area contributed by atoms with Crippen LogP contribution in [0.2, 0.25) is 0 Å². The third-order valence-corrected chi connectivity index (χ3v) is 4.94. The Labute approximate surface area is 147 Å². The van der Waals surface area contributed by atoms with Crippen molar-refractivity contribution in [1.29, 1.82) is 0 Å². The number of halogens is 1. The number of likely N-dealkylation sites (N-methyl/N-ethyl adjacent to an activating group) is 1. The minimum atomic E-state index is -0.277. The maximum atomic E-state index is 13.1. The maximum Gasteiger partial charge on any atom is 0.227 e. The molecular formula is C21H22FNO2. The van der Waals surface area contributed by atoms with Gasteiger partial charge in [-0.1, -0.05) is 12.1 Å². The second-order valence-corrected chi connectivity index (χ2v) is 6.60. The molecule has 0 N–H and O–H groups in total. The van der Waals surface area contributed by atoms with E-state index in [9.17, 15) is 9.18 Å². The topological polar surface area (TPSA) is 33.5 Å². The number of nitrogens with zero attached hydrogens (tertiary/aromatic N) is 1. The molecule has 0 aliphatic heterocycles. The molecule has 1 aromatic heterocycles. The molecular weight excluding hydrogens is 317 g/mol. The lowest BCUT2D eigenvalue weighted by molar-refractivity contribution is -0.131. The van der Waals surface area contributed by atoms with Crippen LogP contribution in [0.4, 0.5) is 4.39 Å². The highest BCUT2D eigenvalue weighted by atomic mass is 19.1. The predicted octanol–water partition coefficient (Wildman–Crippen LogP) is 4.95. The van der Waals surface area contributed by atoms with Gasteiger partial charge in [0.05, 0.1) is 18.7 Å². The third-order valence-electron chi connectivity index (χ3n) is 4.94. The van der Waals surface area contributed by atoms with Crippen LogP contribution < -0.4 is 0 Å². The van der Waals surface area contributed by atoms with E-state index in [2.05, 4.69) is 13.0 Å². The number of furan rings is 1. The second-order valence-electron chi connectivity index (χ2n) is 6.60. The van der Waals surface area contributed by atoms with Crippen LogP contribution in [0, 0.1) is 19.7 Å². The Morgan fingerprint density at radius 1 is 1.16 bits per heavy atom. The molecule has 4 heteroatoms. The Kier molecular flexibility index (Phi) is 4.62. The van der Waals surface area contributed by atoms with Gasteiger partial charge in [-0.2, -0.15) is 0 Å². The largest absolute Gasteiger partial charge is 0.464 e. The first-order chi connectivity index (χ1) is 11.9. The molecule has 25 heavy (non-hydrogen) atoms. The van der Waals surface area contributed by atoms with Crippen molar-refractivity contribution in [3.8, 4) is 0 Å². The third kappa shape index (κ3) is 3.43. The van der Waals surface area contributed by atoms with E-state index in [1.54, 1.807) is 30.3 Å². The van der Waals surface area contributed by atoms with Gasteiger partial charge in [0.25, 0.3) is 0 Å². The van der Waals surface area contributed by atoms with Crippen LogP contribution in [-0.2, 0) is 11.2 Å². The van der Waals surface area contributed by atoms with E-state index >= 15 is 0 Å². The number of fused-ring (bicyclic) bond motifs is 1. The van der Waals surface area contributed by atoms with E-state index in [0.717, 1.165) is 22.1 Å². The Balaban J connectivity index is 1.79.